The average molecular weight is 169 g/mol. The normalized spacial score (nSPS) is 19.5. The molecule has 72 valence electrons. The first kappa shape index (κ1) is 10.0. The van der Waals surface area contributed by atoms with Gasteiger partial charge in [0.25, 0.3) is 0 Å². The van der Waals surface area contributed by atoms with Gasteiger partial charge >= 0.3 is 0 Å². The first-order chi connectivity index (χ1) is 5.83. The Morgan fingerprint density at radius 1 is 1.42 bits per heavy atom. The van der Waals surface area contributed by atoms with Crippen molar-refractivity contribution in [2.45, 2.75) is 58.4 Å². The van der Waals surface area contributed by atoms with Crippen LogP contribution < -0.4 is 5.32 Å². The zero-order valence-corrected chi connectivity index (χ0v) is 8.60. The van der Waals surface area contributed by atoms with E-state index in [1.165, 1.54) is 45.1 Å². The minimum Gasteiger partial charge on any atom is -0.314 e. The largest absolute Gasteiger partial charge is 0.314 e. The van der Waals surface area contributed by atoms with Crippen molar-refractivity contribution < 1.29 is 0 Å². The van der Waals surface area contributed by atoms with Gasteiger partial charge in [-0.1, -0.05) is 26.2 Å². The molecule has 12 heavy (non-hydrogen) atoms. The molecule has 1 atom stereocenters. The fourth-order valence-electron chi connectivity index (χ4n) is 1.68. The zero-order chi connectivity index (χ0) is 8.81. The van der Waals surface area contributed by atoms with Gasteiger partial charge in [0.15, 0.2) is 0 Å². The fourth-order valence-corrected chi connectivity index (χ4v) is 1.68. The third-order valence-corrected chi connectivity index (χ3v) is 2.70. The summed E-state index contributed by atoms with van der Waals surface area (Å²) in [4.78, 5) is 0. The fraction of sp³-hybridized carbons (Fsp3) is 1.00. The van der Waals surface area contributed by atoms with Gasteiger partial charge in [0.05, 0.1) is 0 Å². The molecule has 1 heteroatoms. The van der Waals surface area contributed by atoms with Gasteiger partial charge < -0.3 is 5.32 Å². The SMILES string of the molecule is CCCC(C)NCCCC1CC1. The Kier molecular flexibility index (Phi) is 4.67. The minimum absolute atomic E-state index is 0.731. The van der Waals surface area contributed by atoms with Crippen molar-refractivity contribution in [3.63, 3.8) is 0 Å². The summed E-state index contributed by atoms with van der Waals surface area (Å²) in [6.45, 7) is 5.78. The van der Waals surface area contributed by atoms with E-state index < -0.39 is 0 Å². The standard InChI is InChI=1S/C11H23N/c1-3-5-10(2)12-9-4-6-11-7-8-11/h10-12H,3-9H2,1-2H3. The number of rotatable bonds is 7. The van der Waals surface area contributed by atoms with Crippen molar-refractivity contribution in [1.29, 1.82) is 0 Å². The van der Waals surface area contributed by atoms with Crippen molar-refractivity contribution in [2.75, 3.05) is 6.54 Å². The van der Waals surface area contributed by atoms with E-state index in [0.29, 0.717) is 0 Å². The van der Waals surface area contributed by atoms with Crippen LogP contribution in [0.4, 0.5) is 0 Å². The second-order valence-electron chi connectivity index (χ2n) is 4.23. The molecule has 1 rings (SSSR count). The molecule has 1 unspecified atom stereocenters. The highest BCUT2D eigenvalue weighted by atomic mass is 14.9. The van der Waals surface area contributed by atoms with Crippen LogP contribution in [-0.2, 0) is 0 Å². The third kappa shape index (κ3) is 4.76. The molecule has 0 aromatic carbocycles. The van der Waals surface area contributed by atoms with Gasteiger partial charge in [0.2, 0.25) is 0 Å². The van der Waals surface area contributed by atoms with Crippen LogP contribution in [-0.4, -0.2) is 12.6 Å². The summed E-state index contributed by atoms with van der Waals surface area (Å²) in [7, 11) is 0. The zero-order valence-electron chi connectivity index (χ0n) is 8.60. The van der Waals surface area contributed by atoms with Gasteiger partial charge in [0.1, 0.15) is 0 Å². The lowest BCUT2D eigenvalue weighted by molar-refractivity contribution is 0.489. The Hall–Kier alpha value is -0.0400. The van der Waals surface area contributed by atoms with E-state index in [1.807, 2.05) is 0 Å². The average Bonchev–Trinajstić information content (AvgIpc) is 2.82. The number of nitrogens with one attached hydrogen (secondary N) is 1. The van der Waals surface area contributed by atoms with Crippen molar-refractivity contribution in [3.05, 3.63) is 0 Å². The van der Waals surface area contributed by atoms with E-state index in [9.17, 15) is 0 Å². The predicted molar refractivity (Wildman–Crippen MR) is 54.3 cm³/mol. The molecule has 0 aromatic heterocycles. The molecule has 1 saturated carbocycles. The monoisotopic (exact) mass is 169 g/mol. The first-order valence-corrected chi connectivity index (χ1v) is 5.56. The molecule has 0 spiro atoms. The van der Waals surface area contributed by atoms with Crippen molar-refractivity contribution >= 4 is 0 Å². The van der Waals surface area contributed by atoms with Crippen LogP contribution in [0.1, 0.15) is 52.4 Å². The molecule has 0 radical (unpaired) electrons. The highest BCUT2D eigenvalue weighted by Gasteiger charge is 2.19. The van der Waals surface area contributed by atoms with Crippen LogP contribution in [0.3, 0.4) is 0 Å². The van der Waals surface area contributed by atoms with Crippen LogP contribution in [0.2, 0.25) is 0 Å². The highest BCUT2D eigenvalue weighted by Crippen LogP contribution is 2.33. The molecular formula is C11H23N. The van der Waals surface area contributed by atoms with E-state index in [4.69, 9.17) is 0 Å². The molecule has 0 heterocycles. The lowest BCUT2D eigenvalue weighted by atomic mass is 10.2. The second kappa shape index (κ2) is 5.58. The molecule has 1 N–H and O–H groups in total. The van der Waals surface area contributed by atoms with Gasteiger partial charge in [-0.05, 0) is 38.6 Å². The van der Waals surface area contributed by atoms with Crippen LogP contribution in [0, 0.1) is 5.92 Å². The maximum Gasteiger partial charge on any atom is 0.00386 e. The van der Waals surface area contributed by atoms with Crippen LogP contribution in [0.25, 0.3) is 0 Å². The molecule has 0 bridgehead atoms. The number of hydrogen-bond acceptors (Lipinski definition) is 1. The van der Waals surface area contributed by atoms with Gasteiger partial charge in [-0.2, -0.15) is 0 Å². The Morgan fingerprint density at radius 3 is 2.75 bits per heavy atom. The van der Waals surface area contributed by atoms with Crippen molar-refractivity contribution in [2.24, 2.45) is 5.92 Å². The number of hydrogen-bond donors (Lipinski definition) is 1. The minimum atomic E-state index is 0.731. The molecule has 0 aliphatic heterocycles. The van der Waals surface area contributed by atoms with E-state index >= 15 is 0 Å². The van der Waals surface area contributed by atoms with Gasteiger partial charge in [-0.25, -0.2) is 0 Å². The lowest BCUT2D eigenvalue weighted by Gasteiger charge is -2.11. The van der Waals surface area contributed by atoms with E-state index in [0.717, 1.165) is 12.0 Å². The molecule has 0 aromatic rings. The predicted octanol–water partition coefficient (Wildman–Crippen LogP) is 2.95. The summed E-state index contributed by atoms with van der Waals surface area (Å²) in [6.07, 6.45) is 8.49. The third-order valence-electron chi connectivity index (χ3n) is 2.70. The van der Waals surface area contributed by atoms with E-state index in [2.05, 4.69) is 19.2 Å². The quantitative estimate of drug-likeness (QED) is 0.578. The first-order valence-electron chi connectivity index (χ1n) is 5.56. The molecule has 0 amide bonds. The van der Waals surface area contributed by atoms with E-state index in [1.54, 1.807) is 0 Å². The summed E-state index contributed by atoms with van der Waals surface area (Å²) >= 11 is 0. The van der Waals surface area contributed by atoms with Gasteiger partial charge in [-0.3, -0.25) is 0 Å². The van der Waals surface area contributed by atoms with E-state index in [-0.39, 0.29) is 0 Å². The Labute approximate surface area is 76.9 Å². The summed E-state index contributed by atoms with van der Waals surface area (Å²) in [5.74, 6) is 1.10. The maximum absolute atomic E-state index is 3.57. The lowest BCUT2D eigenvalue weighted by Crippen LogP contribution is -2.26. The smallest absolute Gasteiger partial charge is 0.00386 e. The summed E-state index contributed by atoms with van der Waals surface area (Å²) in [5.41, 5.74) is 0. The van der Waals surface area contributed by atoms with Crippen LogP contribution in [0.5, 0.6) is 0 Å². The molecular weight excluding hydrogens is 146 g/mol. The highest BCUT2D eigenvalue weighted by molar-refractivity contribution is 4.73. The molecule has 1 fully saturated rings. The molecule has 1 aliphatic carbocycles. The van der Waals surface area contributed by atoms with Crippen molar-refractivity contribution in [3.8, 4) is 0 Å². The maximum atomic E-state index is 3.57. The van der Waals surface area contributed by atoms with Gasteiger partial charge in [0, 0.05) is 6.04 Å². The second-order valence-corrected chi connectivity index (χ2v) is 4.23. The summed E-state index contributed by atoms with van der Waals surface area (Å²) in [5, 5.41) is 3.57. The Balaban J connectivity index is 1.80. The van der Waals surface area contributed by atoms with Crippen molar-refractivity contribution in [1.82, 2.24) is 5.32 Å². The van der Waals surface area contributed by atoms with Gasteiger partial charge in [-0.15, -0.1) is 0 Å². The summed E-state index contributed by atoms with van der Waals surface area (Å²) in [6, 6.07) is 0.731. The molecule has 1 nitrogen and oxygen atoms in total. The molecule has 0 saturated heterocycles. The molecule has 1 aliphatic rings. The van der Waals surface area contributed by atoms with Crippen LogP contribution in [0.15, 0.2) is 0 Å². The Morgan fingerprint density at radius 2 is 2.17 bits per heavy atom. The van der Waals surface area contributed by atoms with Crippen LogP contribution >= 0.6 is 0 Å². The topological polar surface area (TPSA) is 12.0 Å². The Bertz CT molecular complexity index is 108. The summed E-state index contributed by atoms with van der Waals surface area (Å²) < 4.78 is 0.